The summed E-state index contributed by atoms with van der Waals surface area (Å²) in [6.07, 6.45) is 1.46. The van der Waals surface area contributed by atoms with E-state index in [0.29, 0.717) is 31.6 Å². The molecule has 0 bridgehead atoms. The van der Waals surface area contributed by atoms with Gasteiger partial charge in [-0.2, -0.15) is 5.10 Å². The molecule has 0 saturated heterocycles. The molecule has 0 spiro atoms. The maximum atomic E-state index is 12.2. The van der Waals surface area contributed by atoms with E-state index in [1.807, 2.05) is 0 Å². The molecule has 0 unspecified atom stereocenters. The molecule has 1 amide bonds. The third-order valence-electron chi connectivity index (χ3n) is 3.15. The van der Waals surface area contributed by atoms with Crippen molar-refractivity contribution >= 4 is 72.5 Å². The van der Waals surface area contributed by atoms with Crippen LogP contribution in [-0.4, -0.2) is 36.9 Å². The highest BCUT2D eigenvalue weighted by molar-refractivity contribution is 14.1. The van der Waals surface area contributed by atoms with Gasteiger partial charge in [-0.25, -0.2) is 10.2 Å². The van der Waals surface area contributed by atoms with Crippen molar-refractivity contribution in [3.8, 4) is 11.5 Å². The minimum atomic E-state index is -1.07. The average molecular weight is 612 g/mol. The summed E-state index contributed by atoms with van der Waals surface area (Å²) in [4.78, 5) is 22.8. The molecule has 2 N–H and O–H groups in total. The van der Waals surface area contributed by atoms with Gasteiger partial charge < -0.3 is 14.6 Å². The van der Waals surface area contributed by atoms with Gasteiger partial charge in [0.15, 0.2) is 6.61 Å². The van der Waals surface area contributed by atoms with Crippen molar-refractivity contribution in [1.29, 1.82) is 0 Å². The second-order valence-corrected chi connectivity index (χ2v) is 7.92. The maximum Gasteiger partial charge on any atom is 0.341 e. The van der Waals surface area contributed by atoms with Gasteiger partial charge in [-0.3, -0.25) is 4.79 Å². The van der Waals surface area contributed by atoms with E-state index in [9.17, 15) is 9.59 Å². The Morgan fingerprint density at radius 1 is 1.26 bits per heavy atom. The van der Waals surface area contributed by atoms with Gasteiger partial charge >= 0.3 is 5.97 Å². The van der Waals surface area contributed by atoms with Gasteiger partial charge in [0, 0.05) is 5.56 Å². The van der Waals surface area contributed by atoms with Crippen LogP contribution < -0.4 is 14.9 Å². The third-order valence-corrected chi connectivity index (χ3v) is 5.22. The van der Waals surface area contributed by atoms with Crippen LogP contribution in [0.3, 0.4) is 0 Å². The number of ether oxygens (including phenoxy) is 2. The Morgan fingerprint density at radius 3 is 2.52 bits per heavy atom. The highest BCUT2D eigenvalue weighted by Crippen LogP contribution is 2.34. The zero-order valence-corrected chi connectivity index (χ0v) is 19.2. The van der Waals surface area contributed by atoms with Crippen LogP contribution in [0, 0.1) is 3.57 Å². The summed E-state index contributed by atoms with van der Waals surface area (Å²) < 4.78 is 12.4. The first-order valence-electron chi connectivity index (χ1n) is 7.32. The number of hydrogen-bond donors (Lipinski definition) is 2. The summed E-state index contributed by atoms with van der Waals surface area (Å²) in [6.45, 7) is -0.458. The topological polar surface area (TPSA) is 97.2 Å². The lowest BCUT2D eigenvalue weighted by atomic mass is 10.2. The Bertz CT molecular complexity index is 882. The number of hydrazone groups is 1. The number of carboxylic acid groups (broad SMARTS) is 1. The number of aliphatic carboxylic acids is 1. The van der Waals surface area contributed by atoms with Gasteiger partial charge in [0.25, 0.3) is 5.91 Å². The molecule has 0 saturated carbocycles. The molecule has 0 atom stereocenters. The number of nitrogens with zero attached hydrogens (tertiary/aromatic N) is 1. The molecule has 0 aliphatic heterocycles. The summed E-state index contributed by atoms with van der Waals surface area (Å²) in [7, 11) is 1.54. The van der Waals surface area contributed by atoms with Crippen LogP contribution in [0.1, 0.15) is 15.9 Å². The first-order valence-corrected chi connectivity index (χ1v) is 9.99. The van der Waals surface area contributed by atoms with Crippen molar-refractivity contribution in [3.05, 3.63) is 54.0 Å². The smallest absolute Gasteiger partial charge is 0.341 e. The van der Waals surface area contributed by atoms with Crippen LogP contribution in [0.5, 0.6) is 11.5 Å². The number of rotatable bonds is 7. The quantitative estimate of drug-likeness (QED) is 0.280. The second kappa shape index (κ2) is 10.0. The van der Waals surface area contributed by atoms with E-state index < -0.39 is 12.6 Å². The predicted molar refractivity (Wildman–Crippen MR) is 116 cm³/mol. The minimum absolute atomic E-state index is 0.365. The predicted octanol–water partition coefficient (Wildman–Crippen LogP) is 4.05. The minimum Gasteiger partial charge on any atom is -0.496 e. The molecule has 27 heavy (non-hydrogen) atoms. The highest BCUT2D eigenvalue weighted by atomic mass is 127. The number of halogens is 3. The van der Waals surface area contributed by atoms with E-state index in [1.165, 1.54) is 13.3 Å². The Labute approximate surface area is 185 Å². The SMILES string of the molecule is COc1cc(C(=O)N/N=C\c2cc(Br)c(OCC(=O)O)c(Br)c2)ccc1I. The second-order valence-electron chi connectivity index (χ2n) is 5.04. The fraction of sp³-hybridized carbons (Fsp3) is 0.118. The van der Waals surface area contributed by atoms with Crippen LogP contribution in [0.25, 0.3) is 0 Å². The number of benzene rings is 2. The van der Waals surface area contributed by atoms with E-state index in [-0.39, 0.29) is 5.91 Å². The number of carbonyl (C=O) groups excluding carboxylic acids is 1. The lowest BCUT2D eigenvalue weighted by Gasteiger charge is -2.09. The van der Waals surface area contributed by atoms with Gasteiger partial charge in [-0.15, -0.1) is 0 Å². The molecule has 2 aromatic rings. The average Bonchev–Trinajstić information content (AvgIpc) is 2.61. The molecule has 10 heteroatoms. The maximum absolute atomic E-state index is 12.2. The first-order chi connectivity index (χ1) is 12.8. The summed E-state index contributed by atoms with van der Waals surface area (Å²) >= 11 is 8.75. The molecule has 2 rings (SSSR count). The van der Waals surface area contributed by atoms with Crippen molar-refractivity contribution in [2.45, 2.75) is 0 Å². The summed E-state index contributed by atoms with van der Waals surface area (Å²) in [6, 6.07) is 8.46. The Balaban J connectivity index is 2.07. The fourth-order valence-electron chi connectivity index (χ4n) is 1.96. The summed E-state index contributed by atoms with van der Waals surface area (Å²) in [5, 5.41) is 12.6. The molecular weight excluding hydrogens is 599 g/mol. The summed E-state index contributed by atoms with van der Waals surface area (Å²) in [5.74, 6) is -0.475. The lowest BCUT2D eigenvalue weighted by molar-refractivity contribution is -0.139. The van der Waals surface area contributed by atoms with Crippen LogP contribution >= 0.6 is 54.5 Å². The molecule has 0 heterocycles. The number of amides is 1. The van der Waals surface area contributed by atoms with Gasteiger partial charge in [0.1, 0.15) is 11.5 Å². The Kier molecular flexibility index (Phi) is 8.05. The molecule has 0 aliphatic rings. The normalized spacial score (nSPS) is 10.7. The molecule has 7 nitrogen and oxygen atoms in total. The molecular formula is C17H13Br2IN2O5. The molecule has 2 aromatic carbocycles. The van der Waals surface area contributed by atoms with Crippen LogP contribution in [0.15, 0.2) is 44.4 Å². The number of nitrogens with one attached hydrogen (secondary N) is 1. The molecule has 0 fully saturated rings. The van der Waals surface area contributed by atoms with E-state index in [2.05, 4.69) is 65.0 Å². The lowest BCUT2D eigenvalue weighted by Crippen LogP contribution is -2.17. The molecule has 0 radical (unpaired) electrons. The van der Waals surface area contributed by atoms with Crippen molar-refractivity contribution < 1.29 is 24.2 Å². The van der Waals surface area contributed by atoms with Crippen molar-refractivity contribution in [2.24, 2.45) is 5.10 Å². The van der Waals surface area contributed by atoms with Gasteiger partial charge in [0.2, 0.25) is 0 Å². The van der Waals surface area contributed by atoms with E-state index >= 15 is 0 Å². The van der Waals surface area contributed by atoms with Crippen LogP contribution in [0.4, 0.5) is 0 Å². The van der Waals surface area contributed by atoms with Crippen LogP contribution in [0.2, 0.25) is 0 Å². The number of carboxylic acids is 1. The van der Waals surface area contributed by atoms with E-state index in [1.54, 1.807) is 30.3 Å². The Hall–Kier alpha value is -1.66. The third kappa shape index (κ3) is 6.18. The zero-order valence-electron chi connectivity index (χ0n) is 13.8. The summed E-state index contributed by atoms with van der Waals surface area (Å²) in [5.41, 5.74) is 3.53. The van der Waals surface area contributed by atoms with E-state index in [4.69, 9.17) is 14.6 Å². The van der Waals surface area contributed by atoms with E-state index in [0.717, 1.165) is 3.57 Å². The van der Waals surface area contributed by atoms with Crippen molar-refractivity contribution in [3.63, 3.8) is 0 Å². The van der Waals surface area contributed by atoms with Crippen molar-refractivity contribution in [2.75, 3.05) is 13.7 Å². The van der Waals surface area contributed by atoms with Crippen LogP contribution in [-0.2, 0) is 4.79 Å². The molecule has 0 aliphatic carbocycles. The molecule has 142 valence electrons. The number of methoxy groups -OCH3 is 1. The van der Waals surface area contributed by atoms with Crippen molar-refractivity contribution in [1.82, 2.24) is 5.43 Å². The van der Waals surface area contributed by atoms with Gasteiger partial charge in [0.05, 0.1) is 25.8 Å². The first kappa shape index (κ1) is 21.6. The van der Waals surface area contributed by atoms with Gasteiger partial charge in [-0.05, 0) is 90.3 Å². The largest absolute Gasteiger partial charge is 0.496 e. The Morgan fingerprint density at radius 2 is 1.93 bits per heavy atom. The number of hydrogen-bond acceptors (Lipinski definition) is 5. The highest BCUT2D eigenvalue weighted by Gasteiger charge is 2.11. The standard InChI is InChI=1S/C17H13Br2IN2O5/c1-26-14-6-10(2-3-13(14)20)17(25)22-21-7-9-4-11(18)16(12(19)5-9)27-8-15(23)24/h2-7H,8H2,1H3,(H,22,25)(H,23,24)/b21-7-. The van der Waals surface area contributed by atoms with Gasteiger partial charge in [-0.1, -0.05) is 0 Å². The monoisotopic (exact) mass is 610 g/mol. The molecule has 0 aromatic heterocycles. The fourth-order valence-corrected chi connectivity index (χ4v) is 3.96. The number of carbonyl (C=O) groups is 2. The zero-order chi connectivity index (χ0) is 20.0.